The molecule has 0 radical (unpaired) electrons. The van der Waals surface area contributed by atoms with Gasteiger partial charge in [-0.3, -0.25) is 9.48 Å². The van der Waals surface area contributed by atoms with Crippen molar-refractivity contribution in [2.24, 2.45) is 5.92 Å². The van der Waals surface area contributed by atoms with Crippen molar-refractivity contribution in [2.75, 3.05) is 20.8 Å². The van der Waals surface area contributed by atoms with E-state index in [4.69, 9.17) is 9.47 Å². The fraction of sp³-hybridized carbons (Fsp3) is 0.444. The normalized spacial score (nSPS) is 16.2. The number of fused-ring (bicyclic) bond motifs is 1. The molecule has 6 heteroatoms. The molecule has 1 aliphatic rings. The minimum absolute atomic E-state index is 0.0905. The Hall–Kier alpha value is -2.50. The maximum absolute atomic E-state index is 12.7. The minimum atomic E-state index is -0.171. The van der Waals surface area contributed by atoms with Gasteiger partial charge in [0, 0.05) is 31.9 Å². The number of amides is 1. The van der Waals surface area contributed by atoms with Crippen molar-refractivity contribution in [2.45, 2.75) is 26.4 Å². The highest BCUT2D eigenvalue weighted by atomic mass is 16.5. The first-order chi connectivity index (χ1) is 11.6. The molecule has 1 aromatic carbocycles. The summed E-state index contributed by atoms with van der Waals surface area (Å²) in [5.41, 5.74) is 2.05. The predicted octanol–water partition coefficient (Wildman–Crippen LogP) is 2.12. The second-order valence-electron chi connectivity index (χ2n) is 6.06. The molecule has 0 N–H and O–H groups in total. The Morgan fingerprint density at radius 3 is 3.04 bits per heavy atom. The molecule has 0 fully saturated rings. The molecular weight excluding hydrogens is 306 g/mol. The van der Waals surface area contributed by atoms with Crippen LogP contribution in [0.5, 0.6) is 11.5 Å². The minimum Gasteiger partial charge on any atom is -0.493 e. The number of benzene rings is 1. The highest BCUT2D eigenvalue weighted by molar-refractivity contribution is 5.79. The molecule has 3 rings (SSSR count). The van der Waals surface area contributed by atoms with E-state index < -0.39 is 0 Å². The van der Waals surface area contributed by atoms with Gasteiger partial charge in [-0.25, -0.2) is 0 Å². The van der Waals surface area contributed by atoms with Gasteiger partial charge in [0.2, 0.25) is 5.91 Å². The fourth-order valence-electron chi connectivity index (χ4n) is 3.04. The van der Waals surface area contributed by atoms with Gasteiger partial charge in [-0.2, -0.15) is 5.10 Å². The van der Waals surface area contributed by atoms with Gasteiger partial charge in [0.15, 0.2) is 11.5 Å². The van der Waals surface area contributed by atoms with Crippen LogP contribution < -0.4 is 9.47 Å². The van der Waals surface area contributed by atoms with E-state index in [-0.39, 0.29) is 11.8 Å². The largest absolute Gasteiger partial charge is 0.493 e. The number of carbonyl (C=O) groups is 1. The zero-order chi connectivity index (χ0) is 17.1. The molecule has 1 aliphatic heterocycles. The van der Waals surface area contributed by atoms with E-state index >= 15 is 0 Å². The van der Waals surface area contributed by atoms with Crippen LogP contribution in [0.25, 0.3) is 0 Å². The Morgan fingerprint density at radius 2 is 2.33 bits per heavy atom. The summed E-state index contributed by atoms with van der Waals surface area (Å²) in [7, 11) is 3.45. The van der Waals surface area contributed by atoms with Crippen LogP contribution in [0.2, 0.25) is 0 Å². The van der Waals surface area contributed by atoms with E-state index in [1.54, 1.807) is 12.0 Å². The molecule has 0 aliphatic carbocycles. The molecule has 2 heterocycles. The van der Waals surface area contributed by atoms with Crippen LogP contribution in [-0.2, 0) is 24.3 Å². The first kappa shape index (κ1) is 16.4. The number of nitrogens with zero attached hydrogens (tertiary/aromatic N) is 3. The van der Waals surface area contributed by atoms with Crippen molar-refractivity contribution < 1.29 is 14.3 Å². The third-order valence-corrected chi connectivity index (χ3v) is 4.33. The molecule has 2 aromatic rings. The van der Waals surface area contributed by atoms with E-state index in [0.717, 1.165) is 29.2 Å². The van der Waals surface area contributed by atoms with E-state index in [9.17, 15) is 4.79 Å². The summed E-state index contributed by atoms with van der Waals surface area (Å²) in [4.78, 5) is 14.5. The van der Waals surface area contributed by atoms with Crippen LogP contribution in [0.15, 0.2) is 30.6 Å². The van der Waals surface area contributed by atoms with Crippen LogP contribution in [-0.4, -0.2) is 41.4 Å². The predicted molar refractivity (Wildman–Crippen MR) is 90.1 cm³/mol. The Balaban J connectivity index is 1.67. The second-order valence-corrected chi connectivity index (χ2v) is 6.06. The highest BCUT2D eigenvalue weighted by Gasteiger charge is 2.29. The Morgan fingerprint density at radius 1 is 1.50 bits per heavy atom. The standard InChI is InChI=1S/C18H23N3O3/c1-4-21-11-13(9-19-21)10-20(2)18(22)15-8-14-6-5-7-16(23-3)17(14)24-12-15/h5-7,9,11,15H,4,8,10,12H2,1-3H3. The fourth-order valence-corrected chi connectivity index (χ4v) is 3.04. The lowest BCUT2D eigenvalue weighted by atomic mass is 9.95. The monoisotopic (exact) mass is 329 g/mol. The van der Waals surface area contributed by atoms with E-state index in [2.05, 4.69) is 5.10 Å². The zero-order valence-electron chi connectivity index (χ0n) is 14.4. The number of aryl methyl sites for hydroxylation is 1. The van der Waals surface area contributed by atoms with E-state index in [1.165, 1.54) is 0 Å². The lowest BCUT2D eigenvalue weighted by molar-refractivity contribution is -0.136. The van der Waals surface area contributed by atoms with Crippen LogP contribution in [0.4, 0.5) is 0 Å². The number of methoxy groups -OCH3 is 1. The summed E-state index contributed by atoms with van der Waals surface area (Å²) in [6.45, 7) is 3.80. The summed E-state index contributed by atoms with van der Waals surface area (Å²) in [6, 6.07) is 5.79. The Labute approximate surface area is 142 Å². The number of para-hydroxylation sites is 1. The van der Waals surface area contributed by atoms with Crippen LogP contribution in [0, 0.1) is 5.92 Å². The average molecular weight is 329 g/mol. The average Bonchev–Trinajstić information content (AvgIpc) is 3.07. The summed E-state index contributed by atoms with van der Waals surface area (Å²) in [5, 5.41) is 4.25. The van der Waals surface area contributed by atoms with Crippen LogP contribution >= 0.6 is 0 Å². The van der Waals surface area contributed by atoms with Gasteiger partial charge < -0.3 is 14.4 Å². The van der Waals surface area contributed by atoms with Crippen LogP contribution in [0.1, 0.15) is 18.1 Å². The summed E-state index contributed by atoms with van der Waals surface area (Å²) >= 11 is 0. The quantitative estimate of drug-likeness (QED) is 0.843. The van der Waals surface area contributed by atoms with Gasteiger partial charge in [0.05, 0.1) is 19.2 Å². The van der Waals surface area contributed by atoms with Crippen molar-refractivity contribution >= 4 is 5.91 Å². The van der Waals surface area contributed by atoms with Crippen molar-refractivity contribution in [3.8, 4) is 11.5 Å². The molecule has 0 bridgehead atoms. The Kier molecular flexibility index (Phi) is 4.74. The van der Waals surface area contributed by atoms with Gasteiger partial charge in [-0.05, 0) is 25.0 Å². The van der Waals surface area contributed by atoms with Crippen molar-refractivity contribution in [3.05, 3.63) is 41.7 Å². The van der Waals surface area contributed by atoms with Crippen molar-refractivity contribution in [1.82, 2.24) is 14.7 Å². The molecule has 1 unspecified atom stereocenters. The first-order valence-electron chi connectivity index (χ1n) is 8.17. The molecule has 1 aromatic heterocycles. The van der Waals surface area contributed by atoms with Crippen LogP contribution in [0.3, 0.4) is 0 Å². The lowest BCUT2D eigenvalue weighted by Gasteiger charge is -2.28. The van der Waals surface area contributed by atoms with Gasteiger partial charge in [0.25, 0.3) is 0 Å². The van der Waals surface area contributed by atoms with Crippen molar-refractivity contribution in [3.63, 3.8) is 0 Å². The topological polar surface area (TPSA) is 56.6 Å². The number of aromatic nitrogens is 2. The number of hydrogen-bond donors (Lipinski definition) is 0. The number of hydrogen-bond acceptors (Lipinski definition) is 4. The van der Waals surface area contributed by atoms with E-state index in [0.29, 0.717) is 19.6 Å². The second kappa shape index (κ2) is 6.95. The number of ether oxygens (including phenoxy) is 2. The molecule has 0 saturated carbocycles. The summed E-state index contributed by atoms with van der Waals surface area (Å²) < 4.78 is 13.0. The molecular formula is C18H23N3O3. The molecule has 24 heavy (non-hydrogen) atoms. The molecule has 1 atom stereocenters. The number of rotatable bonds is 5. The maximum Gasteiger partial charge on any atom is 0.229 e. The zero-order valence-corrected chi connectivity index (χ0v) is 14.4. The highest BCUT2D eigenvalue weighted by Crippen LogP contribution is 2.36. The smallest absolute Gasteiger partial charge is 0.229 e. The third-order valence-electron chi connectivity index (χ3n) is 4.33. The lowest BCUT2D eigenvalue weighted by Crippen LogP contribution is -2.38. The van der Waals surface area contributed by atoms with Gasteiger partial charge >= 0.3 is 0 Å². The summed E-state index contributed by atoms with van der Waals surface area (Å²) in [5.74, 6) is 1.40. The molecule has 128 valence electrons. The first-order valence-corrected chi connectivity index (χ1v) is 8.17. The summed E-state index contributed by atoms with van der Waals surface area (Å²) in [6.07, 6.45) is 4.45. The van der Waals surface area contributed by atoms with Gasteiger partial charge in [-0.15, -0.1) is 0 Å². The van der Waals surface area contributed by atoms with Gasteiger partial charge in [-0.1, -0.05) is 12.1 Å². The molecule has 1 amide bonds. The molecule has 0 saturated heterocycles. The Bertz CT molecular complexity index is 726. The molecule has 6 nitrogen and oxygen atoms in total. The number of carbonyl (C=O) groups excluding carboxylic acids is 1. The van der Waals surface area contributed by atoms with Gasteiger partial charge in [0.1, 0.15) is 6.61 Å². The maximum atomic E-state index is 12.7. The SMILES string of the molecule is CCn1cc(CN(C)C(=O)C2COc3c(cccc3OC)C2)cn1. The van der Waals surface area contributed by atoms with E-state index in [1.807, 2.05) is 49.2 Å². The van der Waals surface area contributed by atoms with Crippen molar-refractivity contribution in [1.29, 1.82) is 0 Å². The third kappa shape index (κ3) is 3.22. The molecule has 0 spiro atoms.